The number of ether oxygens (including phenoxy) is 1. The summed E-state index contributed by atoms with van der Waals surface area (Å²) in [4.78, 5) is 18.5. The third kappa shape index (κ3) is 3.03. The van der Waals surface area contributed by atoms with E-state index >= 15 is 0 Å². The summed E-state index contributed by atoms with van der Waals surface area (Å²) in [5.41, 5.74) is 1.19. The van der Waals surface area contributed by atoms with Gasteiger partial charge in [0.25, 0.3) is 0 Å². The number of amides is 1. The van der Waals surface area contributed by atoms with Crippen LogP contribution in [0.3, 0.4) is 0 Å². The van der Waals surface area contributed by atoms with Crippen molar-refractivity contribution >= 4 is 5.91 Å². The summed E-state index contributed by atoms with van der Waals surface area (Å²) in [6.45, 7) is 8.55. The zero-order chi connectivity index (χ0) is 14.7. The van der Waals surface area contributed by atoms with E-state index in [0.29, 0.717) is 25.0 Å². The van der Waals surface area contributed by atoms with Crippen LogP contribution < -0.4 is 0 Å². The molecular weight excluding hydrogens is 254 g/mol. The number of aryl methyl sites for hydroxylation is 1. The number of imidazole rings is 1. The molecule has 1 aliphatic heterocycles. The fourth-order valence-electron chi connectivity index (χ4n) is 2.98. The van der Waals surface area contributed by atoms with Crippen molar-refractivity contribution in [2.24, 2.45) is 0 Å². The van der Waals surface area contributed by atoms with E-state index in [9.17, 15) is 4.79 Å². The van der Waals surface area contributed by atoms with Crippen LogP contribution in [0.4, 0.5) is 0 Å². The second-order valence-corrected chi connectivity index (χ2v) is 5.79. The Hall–Kier alpha value is -1.36. The van der Waals surface area contributed by atoms with Gasteiger partial charge >= 0.3 is 0 Å². The molecule has 1 aromatic rings. The van der Waals surface area contributed by atoms with Crippen molar-refractivity contribution < 1.29 is 9.53 Å². The summed E-state index contributed by atoms with van der Waals surface area (Å²) in [6.07, 6.45) is 3.41. The highest BCUT2D eigenvalue weighted by molar-refractivity contribution is 5.76. The van der Waals surface area contributed by atoms with Gasteiger partial charge in [-0.2, -0.15) is 0 Å². The number of likely N-dealkylation sites (tertiary alicyclic amines) is 1. The zero-order valence-corrected chi connectivity index (χ0v) is 12.9. The topological polar surface area (TPSA) is 47.4 Å². The minimum atomic E-state index is 0.189. The van der Waals surface area contributed by atoms with E-state index in [4.69, 9.17) is 4.74 Å². The molecule has 112 valence electrons. The first-order valence-electron chi connectivity index (χ1n) is 7.35. The molecule has 0 spiro atoms. The van der Waals surface area contributed by atoms with E-state index in [0.717, 1.165) is 25.3 Å². The highest BCUT2D eigenvalue weighted by atomic mass is 16.5. The van der Waals surface area contributed by atoms with Crippen LogP contribution in [-0.2, 0) is 9.53 Å². The number of carbonyl (C=O) groups is 1. The lowest BCUT2D eigenvalue weighted by Crippen LogP contribution is -2.29. The average Bonchev–Trinajstić information content (AvgIpc) is 3.01. The first-order valence-corrected chi connectivity index (χ1v) is 7.35. The van der Waals surface area contributed by atoms with E-state index in [-0.39, 0.29) is 5.91 Å². The fraction of sp³-hybridized carbons (Fsp3) is 0.733. The number of nitrogens with zero attached hydrogens (tertiary/aromatic N) is 3. The molecule has 0 N–H and O–H groups in total. The second-order valence-electron chi connectivity index (χ2n) is 5.79. The predicted octanol–water partition coefficient (Wildman–Crippen LogP) is 2.12. The van der Waals surface area contributed by atoms with Crippen LogP contribution in [0.2, 0.25) is 0 Å². The third-order valence-electron chi connectivity index (χ3n) is 3.95. The number of hydrogen-bond donors (Lipinski definition) is 0. The molecule has 1 aromatic heterocycles. The van der Waals surface area contributed by atoms with Gasteiger partial charge < -0.3 is 14.2 Å². The number of hydrogen-bond acceptors (Lipinski definition) is 3. The number of aromatic nitrogens is 2. The molecule has 0 aromatic carbocycles. The fourth-order valence-corrected chi connectivity index (χ4v) is 2.98. The van der Waals surface area contributed by atoms with Crippen molar-refractivity contribution in [2.75, 3.05) is 26.8 Å². The van der Waals surface area contributed by atoms with Crippen molar-refractivity contribution in [3.05, 3.63) is 17.7 Å². The van der Waals surface area contributed by atoms with E-state index < -0.39 is 0 Å². The van der Waals surface area contributed by atoms with E-state index in [1.165, 1.54) is 5.69 Å². The van der Waals surface area contributed by atoms with Crippen molar-refractivity contribution in [3.8, 4) is 0 Å². The van der Waals surface area contributed by atoms with Gasteiger partial charge in [0.1, 0.15) is 5.82 Å². The molecule has 1 saturated heterocycles. The van der Waals surface area contributed by atoms with Gasteiger partial charge in [-0.1, -0.05) is 0 Å². The van der Waals surface area contributed by atoms with Crippen LogP contribution >= 0.6 is 0 Å². The largest absolute Gasteiger partial charge is 0.384 e. The number of carbonyl (C=O) groups excluding carboxylic acids is 1. The molecule has 1 amide bonds. The zero-order valence-electron chi connectivity index (χ0n) is 12.9. The lowest BCUT2D eigenvalue weighted by atomic mass is 10.1. The molecule has 1 fully saturated rings. The van der Waals surface area contributed by atoms with E-state index in [2.05, 4.69) is 30.3 Å². The maximum absolute atomic E-state index is 12.0. The van der Waals surface area contributed by atoms with E-state index in [1.54, 1.807) is 7.11 Å². The predicted molar refractivity (Wildman–Crippen MR) is 77.8 cm³/mol. The highest BCUT2D eigenvalue weighted by Crippen LogP contribution is 2.29. The number of rotatable bonds is 5. The van der Waals surface area contributed by atoms with Crippen molar-refractivity contribution in [2.45, 2.75) is 45.6 Å². The molecule has 20 heavy (non-hydrogen) atoms. The molecule has 2 heterocycles. The molecule has 2 rings (SSSR count). The quantitative estimate of drug-likeness (QED) is 0.829. The Morgan fingerprint density at radius 2 is 2.30 bits per heavy atom. The Morgan fingerprint density at radius 3 is 2.95 bits per heavy atom. The molecule has 0 aliphatic carbocycles. The van der Waals surface area contributed by atoms with Crippen molar-refractivity contribution in [1.29, 1.82) is 0 Å². The third-order valence-corrected chi connectivity index (χ3v) is 3.95. The standard InChI is InChI=1S/C15H25N3O2/c1-11(2)18-12(3)9-16-15(18)13-5-7-17(10-13)14(19)6-8-20-4/h9,11,13H,5-8,10H2,1-4H3. The maximum atomic E-state index is 12.0. The second kappa shape index (κ2) is 6.39. The normalized spacial score (nSPS) is 19.1. The lowest BCUT2D eigenvalue weighted by molar-refractivity contribution is -0.131. The average molecular weight is 279 g/mol. The minimum Gasteiger partial charge on any atom is -0.384 e. The Bertz CT molecular complexity index is 468. The van der Waals surface area contributed by atoms with Gasteiger partial charge in [0, 0.05) is 44.0 Å². The Balaban J connectivity index is 2.04. The van der Waals surface area contributed by atoms with Crippen LogP contribution in [0.5, 0.6) is 0 Å². The van der Waals surface area contributed by atoms with E-state index in [1.807, 2.05) is 11.1 Å². The molecule has 0 bridgehead atoms. The maximum Gasteiger partial charge on any atom is 0.224 e. The summed E-state index contributed by atoms with van der Waals surface area (Å²) < 4.78 is 7.26. The minimum absolute atomic E-state index is 0.189. The van der Waals surface area contributed by atoms with Crippen LogP contribution in [0.25, 0.3) is 0 Å². The van der Waals surface area contributed by atoms with Gasteiger partial charge in [-0.05, 0) is 27.2 Å². The molecular formula is C15H25N3O2. The summed E-state index contributed by atoms with van der Waals surface area (Å²) in [5.74, 6) is 1.67. The van der Waals surface area contributed by atoms with Gasteiger partial charge in [-0.25, -0.2) is 4.98 Å². The van der Waals surface area contributed by atoms with Gasteiger partial charge in [0.05, 0.1) is 13.0 Å². The monoisotopic (exact) mass is 279 g/mol. The van der Waals surface area contributed by atoms with Crippen LogP contribution in [0.15, 0.2) is 6.20 Å². The summed E-state index contributed by atoms with van der Waals surface area (Å²) in [7, 11) is 1.63. The van der Waals surface area contributed by atoms with Crippen LogP contribution in [-0.4, -0.2) is 47.2 Å². The first kappa shape index (κ1) is 15.0. The molecule has 5 nitrogen and oxygen atoms in total. The van der Waals surface area contributed by atoms with Gasteiger partial charge in [0.15, 0.2) is 0 Å². The molecule has 0 saturated carbocycles. The molecule has 0 radical (unpaired) electrons. The van der Waals surface area contributed by atoms with Gasteiger partial charge in [0.2, 0.25) is 5.91 Å². The summed E-state index contributed by atoms with van der Waals surface area (Å²) >= 11 is 0. The molecule has 1 atom stereocenters. The van der Waals surface area contributed by atoms with Gasteiger partial charge in [-0.15, -0.1) is 0 Å². The molecule has 1 aliphatic rings. The summed E-state index contributed by atoms with van der Waals surface area (Å²) in [6, 6.07) is 0.408. The smallest absolute Gasteiger partial charge is 0.224 e. The lowest BCUT2D eigenvalue weighted by Gasteiger charge is -2.19. The molecule has 5 heteroatoms. The summed E-state index contributed by atoms with van der Waals surface area (Å²) in [5, 5.41) is 0. The Kier molecular flexibility index (Phi) is 4.81. The van der Waals surface area contributed by atoms with Gasteiger partial charge in [-0.3, -0.25) is 4.79 Å². The SMILES string of the molecule is COCCC(=O)N1CCC(c2ncc(C)n2C(C)C)C1. The molecule has 1 unspecified atom stereocenters. The Labute approximate surface area is 120 Å². The Morgan fingerprint density at radius 1 is 1.55 bits per heavy atom. The van der Waals surface area contributed by atoms with Crippen LogP contribution in [0.1, 0.15) is 50.2 Å². The first-order chi connectivity index (χ1) is 9.54. The number of methoxy groups -OCH3 is 1. The van der Waals surface area contributed by atoms with Crippen LogP contribution in [0, 0.1) is 6.92 Å². The van der Waals surface area contributed by atoms with Crippen molar-refractivity contribution in [1.82, 2.24) is 14.5 Å². The highest BCUT2D eigenvalue weighted by Gasteiger charge is 2.30. The van der Waals surface area contributed by atoms with Crippen molar-refractivity contribution in [3.63, 3.8) is 0 Å².